The number of nitrogens with zero attached hydrogens (tertiary/aromatic N) is 1. The summed E-state index contributed by atoms with van der Waals surface area (Å²) < 4.78 is 5.65. The van der Waals surface area contributed by atoms with Crippen LogP contribution >= 0.6 is 0 Å². The molecule has 0 radical (unpaired) electrons. The number of carboxylic acid groups (broad SMARTS) is 1. The lowest BCUT2D eigenvalue weighted by Gasteiger charge is -2.11. The molecule has 3 rings (SSSR count). The van der Waals surface area contributed by atoms with Crippen LogP contribution in [0.15, 0.2) is 34.7 Å². The lowest BCUT2D eigenvalue weighted by atomic mass is 10.1. The van der Waals surface area contributed by atoms with E-state index in [9.17, 15) is 9.59 Å². The minimum atomic E-state index is -0.786. The minimum Gasteiger partial charge on any atom is -0.481 e. The van der Waals surface area contributed by atoms with Gasteiger partial charge < -0.3 is 14.8 Å². The number of rotatable bonds is 5. The molecule has 2 N–H and O–H groups in total. The topological polar surface area (TPSA) is 92.4 Å². The van der Waals surface area contributed by atoms with E-state index in [2.05, 4.69) is 10.3 Å². The first kappa shape index (κ1) is 16.2. The average Bonchev–Trinajstić information content (AvgIpc) is 3.16. The first-order valence-electron chi connectivity index (χ1n) is 8.07. The van der Waals surface area contributed by atoms with E-state index in [0.717, 1.165) is 5.56 Å². The molecule has 1 aromatic heterocycles. The van der Waals surface area contributed by atoms with Crippen molar-refractivity contribution in [3.63, 3.8) is 0 Å². The lowest BCUT2D eigenvalue weighted by molar-refractivity contribution is -0.141. The SMILES string of the molecule is Cc1oc(-c2ccccc2)nc1CC(=O)N[C@H]1CC[C@@H](C(=O)O)C1. The molecule has 1 aliphatic carbocycles. The zero-order valence-corrected chi connectivity index (χ0v) is 13.5. The number of aromatic nitrogens is 1. The smallest absolute Gasteiger partial charge is 0.306 e. The highest BCUT2D eigenvalue weighted by Gasteiger charge is 2.30. The zero-order valence-electron chi connectivity index (χ0n) is 13.5. The molecule has 1 heterocycles. The standard InChI is InChI=1S/C18H20N2O4/c1-11-15(20-17(24-11)12-5-3-2-4-6-12)10-16(21)19-14-8-7-13(9-14)18(22)23/h2-6,13-14H,7-10H2,1H3,(H,19,21)(H,22,23)/t13-,14+/m1/s1. The van der Waals surface area contributed by atoms with Crippen molar-refractivity contribution < 1.29 is 19.1 Å². The molecule has 1 saturated carbocycles. The second kappa shape index (κ2) is 6.86. The van der Waals surface area contributed by atoms with Crippen LogP contribution in [0.1, 0.15) is 30.7 Å². The summed E-state index contributed by atoms with van der Waals surface area (Å²) in [5.74, 6) is -0.163. The number of aliphatic carboxylic acids is 1. The van der Waals surface area contributed by atoms with Gasteiger partial charge in [-0.3, -0.25) is 9.59 Å². The summed E-state index contributed by atoms with van der Waals surface area (Å²) in [5, 5.41) is 11.9. The predicted molar refractivity (Wildman–Crippen MR) is 87.3 cm³/mol. The van der Waals surface area contributed by atoms with Crippen molar-refractivity contribution in [2.45, 2.75) is 38.6 Å². The molecule has 24 heavy (non-hydrogen) atoms. The number of carbonyl (C=O) groups excluding carboxylic acids is 1. The summed E-state index contributed by atoms with van der Waals surface area (Å²) >= 11 is 0. The highest BCUT2D eigenvalue weighted by Crippen LogP contribution is 2.26. The van der Waals surface area contributed by atoms with Gasteiger partial charge >= 0.3 is 5.97 Å². The fourth-order valence-corrected chi connectivity index (χ4v) is 3.06. The van der Waals surface area contributed by atoms with Crippen LogP contribution in [-0.2, 0) is 16.0 Å². The van der Waals surface area contributed by atoms with Gasteiger partial charge in [-0.05, 0) is 38.3 Å². The number of hydrogen-bond acceptors (Lipinski definition) is 4. The van der Waals surface area contributed by atoms with Crippen LogP contribution in [0.3, 0.4) is 0 Å². The molecule has 1 amide bonds. The summed E-state index contributed by atoms with van der Waals surface area (Å²) in [7, 11) is 0. The zero-order chi connectivity index (χ0) is 17.1. The Bertz CT molecular complexity index is 739. The molecule has 0 aliphatic heterocycles. The molecule has 2 aromatic rings. The predicted octanol–water partition coefficient (Wildman–Crippen LogP) is 2.56. The monoisotopic (exact) mass is 328 g/mol. The molecule has 126 valence electrons. The van der Waals surface area contributed by atoms with Gasteiger partial charge in [0, 0.05) is 11.6 Å². The average molecular weight is 328 g/mol. The largest absolute Gasteiger partial charge is 0.481 e. The maximum absolute atomic E-state index is 12.2. The van der Waals surface area contributed by atoms with E-state index in [0.29, 0.717) is 36.6 Å². The van der Waals surface area contributed by atoms with Crippen LogP contribution < -0.4 is 5.32 Å². The molecular formula is C18H20N2O4. The number of carboxylic acids is 1. The minimum absolute atomic E-state index is 0.0700. The Hall–Kier alpha value is -2.63. The summed E-state index contributed by atoms with van der Waals surface area (Å²) in [5.41, 5.74) is 1.48. The van der Waals surface area contributed by atoms with E-state index in [1.807, 2.05) is 30.3 Å². The van der Waals surface area contributed by atoms with Crippen molar-refractivity contribution >= 4 is 11.9 Å². The first-order valence-corrected chi connectivity index (χ1v) is 8.07. The van der Waals surface area contributed by atoms with Gasteiger partial charge in [0.25, 0.3) is 0 Å². The van der Waals surface area contributed by atoms with Gasteiger partial charge in [0.1, 0.15) is 5.76 Å². The Balaban J connectivity index is 1.61. The van der Waals surface area contributed by atoms with Gasteiger partial charge in [-0.25, -0.2) is 4.98 Å². The Morgan fingerprint density at radius 1 is 1.29 bits per heavy atom. The number of benzene rings is 1. The van der Waals surface area contributed by atoms with Crippen LogP contribution in [0.5, 0.6) is 0 Å². The Morgan fingerprint density at radius 2 is 2.04 bits per heavy atom. The van der Waals surface area contributed by atoms with Crippen LogP contribution in [-0.4, -0.2) is 28.0 Å². The van der Waals surface area contributed by atoms with Crippen LogP contribution in [0.4, 0.5) is 0 Å². The van der Waals surface area contributed by atoms with Gasteiger partial charge in [-0.15, -0.1) is 0 Å². The van der Waals surface area contributed by atoms with Crippen molar-refractivity contribution in [3.8, 4) is 11.5 Å². The maximum atomic E-state index is 12.2. The van der Waals surface area contributed by atoms with Crippen LogP contribution in [0.25, 0.3) is 11.5 Å². The second-order valence-electron chi connectivity index (χ2n) is 6.18. The second-order valence-corrected chi connectivity index (χ2v) is 6.18. The van der Waals surface area contributed by atoms with Crippen molar-refractivity contribution in [3.05, 3.63) is 41.8 Å². The molecule has 6 nitrogen and oxygen atoms in total. The third-order valence-electron chi connectivity index (χ3n) is 4.39. The molecule has 0 spiro atoms. The first-order chi connectivity index (χ1) is 11.5. The van der Waals surface area contributed by atoms with E-state index in [4.69, 9.17) is 9.52 Å². The summed E-state index contributed by atoms with van der Waals surface area (Å²) in [6, 6.07) is 9.46. The van der Waals surface area contributed by atoms with Gasteiger partial charge in [-0.1, -0.05) is 18.2 Å². The summed E-state index contributed by atoms with van der Waals surface area (Å²) in [4.78, 5) is 27.6. The normalized spacial score (nSPS) is 20.0. The summed E-state index contributed by atoms with van der Waals surface area (Å²) in [6.45, 7) is 1.79. The third-order valence-corrected chi connectivity index (χ3v) is 4.39. The number of nitrogens with one attached hydrogen (secondary N) is 1. The van der Waals surface area contributed by atoms with Gasteiger partial charge in [0.2, 0.25) is 11.8 Å². The fraction of sp³-hybridized carbons (Fsp3) is 0.389. The Labute approximate surface area is 139 Å². The van der Waals surface area contributed by atoms with Gasteiger partial charge in [0.15, 0.2) is 0 Å². The van der Waals surface area contributed by atoms with Crippen molar-refractivity contribution in [1.82, 2.24) is 10.3 Å². The molecular weight excluding hydrogens is 308 g/mol. The molecule has 0 saturated heterocycles. The molecule has 1 fully saturated rings. The van der Waals surface area contributed by atoms with Crippen molar-refractivity contribution in [1.29, 1.82) is 0 Å². The Kier molecular flexibility index (Phi) is 4.64. The van der Waals surface area contributed by atoms with E-state index in [-0.39, 0.29) is 24.3 Å². The molecule has 6 heteroatoms. The molecule has 0 bridgehead atoms. The van der Waals surface area contributed by atoms with E-state index in [1.54, 1.807) is 6.92 Å². The lowest BCUT2D eigenvalue weighted by Crippen LogP contribution is -2.34. The highest BCUT2D eigenvalue weighted by molar-refractivity contribution is 5.79. The fourth-order valence-electron chi connectivity index (χ4n) is 3.06. The highest BCUT2D eigenvalue weighted by atomic mass is 16.4. The van der Waals surface area contributed by atoms with Gasteiger partial charge in [0.05, 0.1) is 18.0 Å². The number of carbonyl (C=O) groups is 2. The van der Waals surface area contributed by atoms with Crippen molar-refractivity contribution in [2.75, 3.05) is 0 Å². The molecule has 1 aliphatic rings. The number of oxazole rings is 1. The Morgan fingerprint density at radius 3 is 2.71 bits per heavy atom. The van der Waals surface area contributed by atoms with E-state index >= 15 is 0 Å². The van der Waals surface area contributed by atoms with Crippen molar-refractivity contribution in [2.24, 2.45) is 5.92 Å². The quantitative estimate of drug-likeness (QED) is 0.880. The molecule has 0 unspecified atom stereocenters. The van der Waals surface area contributed by atoms with E-state index < -0.39 is 5.97 Å². The molecule has 1 aromatic carbocycles. The number of hydrogen-bond donors (Lipinski definition) is 2. The third kappa shape index (κ3) is 3.64. The number of aryl methyl sites for hydroxylation is 1. The maximum Gasteiger partial charge on any atom is 0.306 e. The van der Waals surface area contributed by atoms with Crippen LogP contribution in [0, 0.1) is 12.8 Å². The molecule has 2 atom stereocenters. The number of amides is 1. The summed E-state index contributed by atoms with van der Waals surface area (Å²) in [6.07, 6.45) is 1.95. The van der Waals surface area contributed by atoms with E-state index in [1.165, 1.54) is 0 Å². The van der Waals surface area contributed by atoms with Gasteiger partial charge in [-0.2, -0.15) is 0 Å². The van der Waals surface area contributed by atoms with Crippen LogP contribution in [0.2, 0.25) is 0 Å².